The molecule has 1 aromatic heterocycles. The summed E-state index contributed by atoms with van der Waals surface area (Å²) in [6, 6.07) is 12.4. The van der Waals surface area contributed by atoms with Crippen LogP contribution in [0.1, 0.15) is 27.2 Å². The molecule has 0 saturated heterocycles. The van der Waals surface area contributed by atoms with Gasteiger partial charge in [-0.05, 0) is 61.4 Å². The van der Waals surface area contributed by atoms with E-state index in [1.54, 1.807) is 6.07 Å². The van der Waals surface area contributed by atoms with Crippen LogP contribution in [0, 0.1) is 13.8 Å². The highest BCUT2D eigenvalue weighted by atomic mass is 19.4. The van der Waals surface area contributed by atoms with Crippen molar-refractivity contribution in [2.75, 3.05) is 0 Å². The first-order chi connectivity index (χ1) is 12.2. The Morgan fingerprint density at radius 3 is 2.19 bits per heavy atom. The minimum atomic E-state index is -4.56. The number of aryl methyl sites for hydroxylation is 2. The van der Waals surface area contributed by atoms with Gasteiger partial charge in [-0.15, -0.1) is 0 Å². The standard InChI is InChI=1S/C19H16F3N3O/c1-11-3-4-14(9-12(11)2)16-10-17(19(20,21)22)24-25(16)15-7-5-13(6-8-15)18(23)26/h3-10H,1-2H3,(H2,23,26). The van der Waals surface area contributed by atoms with Crippen LogP contribution in [0.4, 0.5) is 13.2 Å². The van der Waals surface area contributed by atoms with Gasteiger partial charge in [-0.1, -0.05) is 12.1 Å². The van der Waals surface area contributed by atoms with E-state index in [1.165, 1.54) is 28.9 Å². The van der Waals surface area contributed by atoms with E-state index < -0.39 is 17.8 Å². The van der Waals surface area contributed by atoms with E-state index in [-0.39, 0.29) is 5.56 Å². The van der Waals surface area contributed by atoms with Crippen molar-refractivity contribution in [2.24, 2.45) is 5.73 Å². The molecule has 4 nitrogen and oxygen atoms in total. The van der Waals surface area contributed by atoms with Crippen LogP contribution in [0.5, 0.6) is 0 Å². The average Bonchev–Trinajstić information content (AvgIpc) is 3.03. The number of carbonyl (C=O) groups excluding carboxylic acids is 1. The molecule has 0 radical (unpaired) electrons. The molecule has 3 aromatic rings. The molecule has 1 heterocycles. The fraction of sp³-hybridized carbons (Fsp3) is 0.158. The quantitative estimate of drug-likeness (QED) is 0.759. The first kappa shape index (κ1) is 17.7. The summed E-state index contributed by atoms with van der Waals surface area (Å²) in [6.07, 6.45) is -4.56. The molecule has 0 spiro atoms. The monoisotopic (exact) mass is 359 g/mol. The number of hydrogen-bond acceptors (Lipinski definition) is 2. The highest BCUT2D eigenvalue weighted by Crippen LogP contribution is 2.33. The molecule has 0 aliphatic heterocycles. The van der Waals surface area contributed by atoms with Gasteiger partial charge in [0.15, 0.2) is 5.69 Å². The van der Waals surface area contributed by atoms with Gasteiger partial charge >= 0.3 is 6.18 Å². The minimum absolute atomic E-state index is 0.268. The van der Waals surface area contributed by atoms with Crippen molar-refractivity contribution in [3.05, 3.63) is 70.9 Å². The molecule has 0 saturated carbocycles. The zero-order valence-corrected chi connectivity index (χ0v) is 14.1. The summed E-state index contributed by atoms with van der Waals surface area (Å²) in [5.74, 6) is -0.609. The molecule has 1 amide bonds. The Hall–Kier alpha value is -3.09. The number of aromatic nitrogens is 2. The molecule has 0 unspecified atom stereocenters. The number of halogens is 3. The molecule has 0 aliphatic carbocycles. The normalized spacial score (nSPS) is 11.6. The highest BCUT2D eigenvalue weighted by Gasteiger charge is 2.35. The lowest BCUT2D eigenvalue weighted by atomic mass is 10.0. The summed E-state index contributed by atoms with van der Waals surface area (Å²) in [6.45, 7) is 3.83. The Morgan fingerprint density at radius 2 is 1.65 bits per heavy atom. The first-order valence-electron chi connectivity index (χ1n) is 7.82. The van der Waals surface area contributed by atoms with Gasteiger partial charge in [0.25, 0.3) is 0 Å². The lowest BCUT2D eigenvalue weighted by molar-refractivity contribution is -0.141. The number of carbonyl (C=O) groups is 1. The molecule has 0 bridgehead atoms. The Kier molecular flexibility index (Phi) is 4.31. The van der Waals surface area contributed by atoms with E-state index in [2.05, 4.69) is 5.10 Å². The Bertz CT molecular complexity index is 973. The summed E-state index contributed by atoms with van der Waals surface area (Å²) in [7, 11) is 0. The molecule has 0 aliphatic rings. The number of amides is 1. The number of nitrogens with zero attached hydrogens (tertiary/aromatic N) is 2. The Balaban J connectivity index is 2.18. The van der Waals surface area contributed by atoms with Crippen molar-refractivity contribution in [3.8, 4) is 16.9 Å². The fourth-order valence-electron chi connectivity index (χ4n) is 2.59. The van der Waals surface area contributed by atoms with Crippen molar-refractivity contribution in [1.82, 2.24) is 9.78 Å². The zero-order valence-electron chi connectivity index (χ0n) is 14.1. The molecule has 3 rings (SSSR count). The first-order valence-corrected chi connectivity index (χ1v) is 7.82. The number of benzene rings is 2. The number of nitrogens with two attached hydrogens (primary N) is 1. The maximum atomic E-state index is 13.2. The molecular formula is C19H16F3N3O. The van der Waals surface area contributed by atoms with Crippen LogP contribution in [0.2, 0.25) is 0 Å². The van der Waals surface area contributed by atoms with E-state index in [0.717, 1.165) is 17.2 Å². The Labute approximate surface area is 148 Å². The molecule has 0 atom stereocenters. The topological polar surface area (TPSA) is 60.9 Å². The molecule has 134 valence electrons. The van der Waals surface area contributed by atoms with Crippen LogP contribution in [0.3, 0.4) is 0 Å². The van der Waals surface area contributed by atoms with Gasteiger partial charge in [-0.3, -0.25) is 4.79 Å². The molecule has 26 heavy (non-hydrogen) atoms. The second-order valence-electron chi connectivity index (χ2n) is 6.03. The van der Waals surface area contributed by atoms with Crippen molar-refractivity contribution in [2.45, 2.75) is 20.0 Å². The van der Waals surface area contributed by atoms with Crippen LogP contribution in [0.25, 0.3) is 16.9 Å². The third-order valence-electron chi connectivity index (χ3n) is 4.20. The van der Waals surface area contributed by atoms with Crippen LogP contribution in [-0.4, -0.2) is 15.7 Å². The summed E-state index contributed by atoms with van der Waals surface area (Å²) >= 11 is 0. The Morgan fingerprint density at radius 1 is 1.00 bits per heavy atom. The number of rotatable bonds is 3. The summed E-state index contributed by atoms with van der Waals surface area (Å²) in [4.78, 5) is 11.2. The maximum Gasteiger partial charge on any atom is 0.435 e. The number of hydrogen-bond donors (Lipinski definition) is 1. The largest absolute Gasteiger partial charge is 0.435 e. The van der Waals surface area contributed by atoms with Gasteiger partial charge < -0.3 is 5.73 Å². The summed E-state index contributed by atoms with van der Waals surface area (Å²) in [5, 5.41) is 3.73. The molecule has 2 N–H and O–H groups in total. The maximum absolute atomic E-state index is 13.2. The van der Waals surface area contributed by atoms with E-state index in [4.69, 9.17) is 5.73 Å². The van der Waals surface area contributed by atoms with Crippen molar-refractivity contribution < 1.29 is 18.0 Å². The third kappa shape index (κ3) is 3.33. The van der Waals surface area contributed by atoms with E-state index in [9.17, 15) is 18.0 Å². The van der Waals surface area contributed by atoms with Crippen molar-refractivity contribution >= 4 is 5.91 Å². The van der Waals surface area contributed by atoms with Crippen molar-refractivity contribution in [1.29, 1.82) is 0 Å². The smallest absolute Gasteiger partial charge is 0.366 e. The number of alkyl halides is 3. The van der Waals surface area contributed by atoms with Gasteiger partial charge in [0.2, 0.25) is 5.91 Å². The van der Waals surface area contributed by atoms with Crippen LogP contribution < -0.4 is 5.73 Å². The van der Waals surface area contributed by atoms with E-state index in [1.807, 2.05) is 26.0 Å². The third-order valence-corrected chi connectivity index (χ3v) is 4.20. The zero-order chi connectivity index (χ0) is 19.1. The van der Waals surface area contributed by atoms with E-state index in [0.29, 0.717) is 16.9 Å². The van der Waals surface area contributed by atoms with Crippen LogP contribution in [0.15, 0.2) is 48.5 Å². The second kappa shape index (κ2) is 6.33. The molecule has 2 aromatic carbocycles. The van der Waals surface area contributed by atoms with Crippen LogP contribution >= 0.6 is 0 Å². The fourth-order valence-corrected chi connectivity index (χ4v) is 2.59. The summed E-state index contributed by atoms with van der Waals surface area (Å²) < 4.78 is 40.8. The highest BCUT2D eigenvalue weighted by molar-refractivity contribution is 5.92. The molecule has 0 fully saturated rings. The van der Waals surface area contributed by atoms with Crippen LogP contribution in [-0.2, 0) is 6.18 Å². The van der Waals surface area contributed by atoms with Gasteiger partial charge in [0.05, 0.1) is 11.4 Å². The number of primary amides is 1. The van der Waals surface area contributed by atoms with Gasteiger partial charge in [0, 0.05) is 11.1 Å². The van der Waals surface area contributed by atoms with Gasteiger partial charge in [-0.25, -0.2) is 4.68 Å². The lowest BCUT2D eigenvalue weighted by Gasteiger charge is -2.10. The molecule has 7 heteroatoms. The van der Waals surface area contributed by atoms with E-state index >= 15 is 0 Å². The van der Waals surface area contributed by atoms with Crippen molar-refractivity contribution in [3.63, 3.8) is 0 Å². The lowest BCUT2D eigenvalue weighted by Crippen LogP contribution is -2.11. The van der Waals surface area contributed by atoms with Gasteiger partial charge in [-0.2, -0.15) is 18.3 Å². The SMILES string of the molecule is Cc1ccc(-c2cc(C(F)(F)F)nn2-c2ccc(C(N)=O)cc2)cc1C. The minimum Gasteiger partial charge on any atom is -0.366 e. The predicted molar refractivity (Wildman–Crippen MR) is 92.0 cm³/mol. The molecular weight excluding hydrogens is 343 g/mol. The van der Waals surface area contributed by atoms with Gasteiger partial charge in [0.1, 0.15) is 0 Å². The predicted octanol–water partition coefficient (Wildman–Crippen LogP) is 4.27. The summed E-state index contributed by atoms with van der Waals surface area (Å²) in [5.41, 5.74) is 7.83. The average molecular weight is 359 g/mol. The second-order valence-corrected chi connectivity index (χ2v) is 6.03.